The van der Waals surface area contributed by atoms with E-state index >= 15 is 0 Å². The Labute approximate surface area is 196 Å². The van der Waals surface area contributed by atoms with Crippen LogP contribution in [0.2, 0.25) is 0 Å². The van der Waals surface area contributed by atoms with Gasteiger partial charge in [0.25, 0.3) is 5.91 Å². The van der Waals surface area contributed by atoms with Gasteiger partial charge < -0.3 is 24.7 Å². The molecular weight excluding hydrogens is 445 g/mol. The molecule has 1 aromatic heterocycles. The van der Waals surface area contributed by atoms with Crippen LogP contribution in [0.15, 0.2) is 47.1 Å². The van der Waals surface area contributed by atoms with E-state index in [0.29, 0.717) is 0 Å². The van der Waals surface area contributed by atoms with Crippen LogP contribution in [-0.4, -0.2) is 54.3 Å². The molecule has 1 fully saturated rings. The third-order valence-corrected chi connectivity index (χ3v) is 5.53. The molecule has 182 valence electrons. The molecule has 0 unspecified atom stereocenters. The van der Waals surface area contributed by atoms with Crippen LogP contribution in [-0.2, 0) is 19.1 Å². The van der Waals surface area contributed by atoms with E-state index in [2.05, 4.69) is 10.6 Å². The lowest BCUT2D eigenvalue weighted by atomic mass is 10.0. The van der Waals surface area contributed by atoms with Crippen LogP contribution >= 0.6 is 0 Å². The van der Waals surface area contributed by atoms with Gasteiger partial charge >= 0.3 is 5.97 Å². The highest BCUT2D eigenvalue weighted by Gasteiger charge is 2.36. The lowest BCUT2D eigenvalue weighted by molar-refractivity contribution is -0.152. The zero-order valence-electron chi connectivity index (χ0n) is 18.9. The van der Waals surface area contributed by atoms with Crippen molar-refractivity contribution in [2.45, 2.75) is 44.7 Å². The average Bonchev–Trinajstić information content (AvgIpc) is 3.53. The summed E-state index contributed by atoms with van der Waals surface area (Å²) in [6, 6.07) is 6.99. The lowest BCUT2D eigenvalue weighted by Gasteiger charge is -2.31. The second-order valence-corrected chi connectivity index (χ2v) is 7.90. The fourth-order valence-corrected chi connectivity index (χ4v) is 3.92. The third kappa shape index (κ3) is 6.43. The first-order valence-electron chi connectivity index (χ1n) is 11.2. The molecule has 1 saturated carbocycles. The van der Waals surface area contributed by atoms with Crippen molar-refractivity contribution in [2.24, 2.45) is 0 Å². The summed E-state index contributed by atoms with van der Waals surface area (Å²) < 4.78 is 24.8. The maximum atomic E-state index is 14.8. The minimum absolute atomic E-state index is 0.00521. The molecule has 1 aliphatic carbocycles. The van der Waals surface area contributed by atoms with Crippen LogP contribution in [0.5, 0.6) is 0 Å². The fourth-order valence-electron chi connectivity index (χ4n) is 3.92. The van der Waals surface area contributed by atoms with Gasteiger partial charge in [-0.15, -0.1) is 0 Å². The van der Waals surface area contributed by atoms with Gasteiger partial charge in [0.05, 0.1) is 19.4 Å². The summed E-state index contributed by atoms with van der Waals surface area (Å²) >= 11 is 0. The topological polar surface area (TPSA) is 118 Å². The van der Waals surface area contributed by atoms with Gasteiger partial charge in [0.2, 0.25) is 11.8 Å². The Morgan fingerprint density at radius 3 is 2.53 bits per heavy atom. The van der Waals surface area contributed by atoms with Gasteiger partial charge in [-0.1, -0.05) is 31.0 Å². The van der Waals surface area contributed by atoms with Gasteiger partial charge in [0.1, 0.15) is 18.4 Å². The lowest BCUT2D eigenvalue weighted by Crippen LogP contribution is -2.50. The minimum Gasteiger partial charge on any atom is -0.465 e. The third-order valence-electron chi connectivity index (χ3n) is 5.53. The molecule has 3 amide bonds. The Morgan fingerprint density at radius 1 is 1.15 bits per heavy atom. The number of carbonyl (C=O) groups excluding carboxylic acids is 4. The Morgan fingerprint density at radius 2 is 1.88 bits per heavy atom. The van der Waals surface area contributed by atoms with Gasteiger partial charge in [-0.05, 0) is 38.0 Å². The van der Waals surface area contributed by atoms with Gasteiger partial charge in [0, 0.05) is 11.6 Å². The van der Waals surface area contributed by atoms with Crippen molar-refractivity contribution in [1.82, 2.24) is 15.5 Å². The number of rotatable bonds is 10. The Hall–Kier alpha value is -3.69. The van der Waals surface area contributed by atoms with Crippen molar-refractivity contribution in [3.05, 3.63) is 59.8 Å². The molecule has 9 nitrogen and oxygen atoms in total. The quantitative estimate of drug-likeness (QED) is 0.512. The Kier molecular flexibility index (Phi) is 8.78. The highest BCUT2D eigenvalue weighted by Crippen LogP contribution is 2.26. The summed E-state index contributed by atoms with van der Waals surface area (Å²) in [5, 5.41) is 5.28. The predicted molar refractivity (Wildman–Crippen MR) is 119 cm³/mol. The molecule has 0 radical (unpaired) electrons. The number of amides is 3. The monoisotopic (exact) mass is 473 g/mol. The SMILES string of the molecule is CCOC(=O)CN(C(=O)CNC(=O)c1ccco1)[C@H](C(=O)NC1CCCC1)c1ccccc1F. The number of carbonyl (C=O) groups is 4. The number of halogens is 1. The van der Waals surface area contributed by atoms with Crippen molar-refractivity contribution in [2.75, 3.05) is 19.7 Å². The standard InChI is InChI=1S/C24H28FN3O6/c1-2-33-21(30)15-28(20(29)14-26-23(31)19-12-7-13-34-19)22(17-10-5-6-11-18(17)25)24(32)27-16-8-3-4-9-16/h5-7,10-13,16,22H,2-4,8-9,14-15H2,1H3,(H,26,31)(H,27,32)/t22-/m0/s1. The van der Waals surface area contributed by atoms with Crippen molar-refractivity contribution in [3.8, 4) is 0 Å². The molecule has 0 bridgehead atoms. The number of nitrogens with zero attached hydrogens (tertiary/aromatic N) is 1. The van der Waals surface area contributed by atoms with E-state index in [4.69, 9.17) is 9.15 Å². The number of ether oxygens (including phenoxy) is 1. The van der Waals surface area contributed by atoms with Crippen molar-refractivity contribution in [3.63, 3.8) is 0 Å². The Bertz CT molecular complexity index is 1000. The predicted octanol–water partition coefficient (Wildman–Crippen LogP) is 2.34. The van der Waals surface area contributed by atoms with Crippen LogP contribution in [0.3, 0.4) is 0 Å². The van der Waals surface area contributed by atoms with Crippen LogP contribution in [0.1, 0.15) is 54.8 Å². The summed E-state index contributed by atoms with van der Waals surface area (Å²) in [6.07, 6.45) is 4.78. The normalized spacial score (nSPS) is 14.3. The molecule has 1 aromatic carbocycles. The maximum Gasteiger partial charge on any atom is 0.325 e. The molecular formula is C24H28FN3O6. The van der Waals surface area contributed by atoms with Gasteiger partial charge in [-0.25, -0.2) is 4.39 Å². The number of hydrogen-bond donors (Lipinski definition) is 2. The van der Waals surface area contributed by atoms with E-state index < -0.39 is 48.6 Å². The minimum atomic E-state index is -1.43. The number of esters is 1. The van der Waals surface area contributed by atoms with Gasteiger partial charge in [-0.3, -0.25) is 19.2 Å². The van der Waals surface area contributed by atoms with Crippen LogP contribution in [0, 0.1) is 5.82 Å². The van der Waals surface area contributed by atoms with Crippen LogP contribution < -0.4 is 10.6 Å². The summed E-state index contributed by atoms with van der Waals surface area (Å²) in [6.45, 7) is 0.532. The first-order chi connectivity index (χ1) is 16.4. The van der Waals surface area contributed by atoms with E-state index in [9.17, 15) is 23.6 Å². The van der Waals surface area contributed by atoms with E-state index in [-0.39, 0.29) is 24.0 Å². The molecule has 2 aromatic rings. The zero-order valence-corrected chi connectivity index (χ0v) is 18.9. The summed E-state index contributed by atoms with van der Waals surface area (Å²) in [5.41, 5.74) is -0.0620. The summed E-state index contributed by atoms with van der Waals surface area (Å²) in [5.74, 6) is -3.48. The first-order valence-corrected chi connectivity index (χ1v) is 11.2. The second-order valence-electron chi connectivity index (χ2n) is 7.90. The summed E-state index contributed by atoms with van der Waals surface area (Å²) in [4.78, 5) is 52.0. The molecule has 1 atom stereocenters. The largest absolute Gasteiger partial charge is 0.465 e. The molecule has 0 saturated heterocycles. The maximum absolute atomic E-state index is 14.8. The molecule has 1 heterocycles. The molecule has 3 rings (SSSR count). The van der Waals surface area contributed by atoms with Gasteiger partial charge in [0.15, 0.2) is 5.76 Å². The fraction of sp³-hybridized carbons (Fsp3) is 0.417. The molecule has 1 aliphatic rings. The van der Waals surface area contributed by atoms with Crippen molar-refractivity contribution >= 4 is 23.7 Å². The highest BCUT2D eigenvalue weighted by atomic mass is 19.1. The van der Waals surface area contributed by atoms with E-state index in [1.54, 1.807) is 13.0 Å². The number of nitrogens with one attached hydrogen (secondary N) is 2. The molecule has 0 spiro atoms. The number of benzene rings is 1. The van der Waals surface area contributed by atoms with E-state index in [0.717, 1.165) is 30.6 Å². The first kappa shape index (κ1) is 24.9. The smallest absolute Gasteiger partial charge is 0.325 e. The van der Waals surface area contributed by atoms with Crippen molar-refractivity contribution in [1.29, 1.82) is 0 Å². The molecule has 34 heavy (non-hydrogen) atoms. The van der Waals surface area contributed by atoms with Crippen molar-refractivity contribution < 1.29 is 32.7 Å². The van der Waals surface area contributed by atoms with Crippen LogP contribution in [0.4, 0.5) is 4.39 Å². The zero-order chi connectivity index (χ0) is 24.5. The highest BCUT2D eigenvalue weighted by molar-refractivity contribution is 5.96. The molecule has 2 N–H and O–H groups in total. The van der Waals surface area contributed by atoms with E-state index in [1.165, 1.54) is 36.6 Å². The molecule has 10 heteroatoms. The molecule has 0 aliphatic heterocycles. The van der Waals surface area contributed by atoms with E-state index in [1.807, 2.05) is 0 Å². The number of hydrogen-bond acceptors (Lipinski definition) is 6. The van der Waals surface area contributed by atoms with Crippen LogP contribution in [0.25, 0.3) is 0 Å². The second kappa shape index (κ2) is 12.0. The summed E-state index contributed by atoms with van der Waals surface area (Å²) in [7, 11) is 0. The Balaban J connectivity index is 1.88. The van der Waals surface area contributed by atoms with Gasteiger partial charge in [-0.2, -0.15) is 0 Å². The number of furan rings is 1. The average molecular weight is 474 g/mol.